The average Bonchev–Trinajstić information content (AvgIpc) is 2.72. The standard InChI is InChI=1S/C11H19N3/c1-2-10(8-12-5-1)3-7-14-11-4-6-13-9-11/h4,6,9-10,12-14H,1-3,5,7-8H2. The number of hydrogen-bond acceptors (Lipinski definition) is 2. The van der Waals surface area contributed by atoms with Crippen molar-refractivity contribution in [2.45, 2.75) is 19.3 Å². The fourth-order valence-electron chi connectivity index (χ4n) is 2.02. The number of piperidine rings is 1. The normalized spacial score (nSPS) is 22.1. The molecule has 1 saturated heterocycles. The van der Waals surface area contributed by atoms with Crippen LogP contribution in [-0.2, 0) is 0 Å². The molecule has 1 aromatic rings. The summed E-state index contributed by atoms with van der Waals surface area (Å²) in [6.45, 7) is 3.50. The molecule has 0 aliphatic carbocycles. The van der Waals surface area contributed by atoms with Gasteiger partial charge in [0.1, 0.15) is 0 Å². The summed E-state index contributed by atoms with van der Waals surface area (Å²) in [7, 11) is 0. The molecule has 0 aromatic carbocycles. The van der Waals surface area contributed by atoms with Crippen LogP contribution in [-0.4, -0.2) is 24.6 Å². The van der Waals surface area contributed by atoms with E-state index in [1.165, 1.54) is 38.0 Å². The van der Waals surface area contributed by atoms with Gasteiger partial charge in [-0.05, 0) is 44.3 Å². The third-order valence-corrected chi connectivity index (χ3v) is 2.88. The summed E-state index contributed by atoms with van der Waals surface area (Å²) in [5.74, 6) is 0.871. The predicted octanol–water partition coefficient (Wildman–Crippen LogP) is 1.82. The highest BCUT2D eigenvalue weighted by Crippen LogP contribution is 2.14. The molecule has 3 heteroatoms. The minimum atomic E-state index is 0.871. The number of H-pyrrole nitrogens is 1. The Labute approximate surface area is 85.3 Å². The molecule has 0 bridgehead atoms. The average molecular weight is 193 g/mol. The van der Waals surface area contributed by atoms with Crippen LogP contribution in [0.25, 0.3) is 0 Å². The molecule has 1 aromatic heterocycles. The van der Waals surface area contributed by atoms with Crippen molar-refractivity contribution < 1.29 is 0 Å². The lowest BCUT2D eigenvalue weighted by molar-refractivity contribution is 0.364. The van der Waals surface area contributed by atoms with Crippen LogP contribution in [0.15, 0.2) is 18.5 Å². The molecular formula is C11H19N3. The molecule has 2 heterocycles. The number of aromatic amines is 1. The largest absolute Gasteiger partial charge is 0.384 e. The summed E-state index contributed by atoms with van der Waals surface area (Å²) in [6, 6.07) is 2.07. The van der Waals surface area contributed by atoms with Crippen molar-refractivity contribution in [3.05, 3.63) is 18.5 Å². The quantitative estimate of drug-likeness (QED) is 0.682. The SMILES string of the molecule is c1cc(NCCC2CCCNC2)c[nH]1. The Bertz CT molecular complexity index is 237. The highest BCUT2D eigenvalue weighted by molar-refractivity contribution is 5.39. The summed E-state index contributed by atoms with van der Waals surface area (Å²) in [4.78, 5) is 3.04. The zero-order valence-electron chi connectivity index (χ0n) is 8.55. The van der Waals surface area contributed by atoms with E-state index in [2.05, 4.69) is 21.7 Å². The Hall–Kier alpha value is -0.960. The summed E-state index contributed by atoms with van der Waals surface area (Å²) in [5.41, 5.74) is 1.20. The summed E-state index contributed by atoms with van der Waals surface area (Å²) in [5, 5.41) is 6.86. The minimum Gasteiger partial charge on any atom is -0.384 e. The molecule has 1 aliphatic rings. The molecule has 0 radical (unpaired) electrons. The molecule has 0 amide bonds. The van der Waals surface area contributed by atoms with E-state index in [1.807, 2.05) is 12.4 Å². The number of aromatic nitrogens is 1. The van der Waals surface area contributed by atoms with Crippen LogP contribution >= 0.6 is 0 Å². The maximum Gasteiger partial charge on any atom is 0.0517 e. The second-order valence-electron chi connectivity index (χ2n) is 4.03. The molecule has 0 spiro atoms. The van der Waals surface area contributed by atoms with Crippen LogP contribution in [0.3, 0.4) is 0 Å². The molecular weight excluding hydrogens is 174 g/mol. The Morgan fingerprint density at radius 2 is 2.50 bits per heavy atom. The first-order valence-electron chi connectivity index (χ1n) is 5.52. The second-order valence-corrected chi connectivity index (χ2v) is 4.03. The first-order chi connectivity index (χ1) is 6.95. The van der Waals surface area contributed by atoms with Crippen molar-refractivity contribution in [3.8, 4) is 0 Å². The first kappa shape index (κ1) is 9.59. The fourth-order valence-corrected chi connectivity index (χ4v) is 2.02. The van der Waals surface area contributed by atoms with Crippen molar-refractivity contribution in [2.75, 3.05) is 25.0 Å². The molecule has 1 unspecified atom stereocenters. The topological polar surface area (TPSA) is 39.8 Å². The predicted molar refractivity (Wildman–Crippen MR) is 59.5 cm³/mol. The van der Waals surface area contributed by atoms with Gasteiger partial charge < -0.3 is 15.6 Å². The highest BCUT2D eigenvalue weighted by atomic mass is 14.9. The van der Waals surface area contributed by atoms with E-state index >= 15 is 0 Å². The van der Waals surface area contributed by atoms with Gasteiger partial charge in [0.15, 0.2) is 0 Å². The van der Waals surface area contributed by atoms with Gasteiger partial charge in [-0.25, -0.2) is 0 Å². The van der Waals surface area contributed by atoms with E-state index in [9.17, 15) is 0 Å². The van der Waals surface area contributed by atoms with Gasteiger partial charge in [-0.1, -0.05) is 0 Å². The van der Waals surface area contributed by atoms with Gasteiger partial charge in [-0.15, -0.1) is 0 Å². The molecule has 0 saturated carbocycles. The Morgan fingerprint density at radius 1 is 1.50 bits per heavy atom. The van der Waals surface area contributed by atoms with E-state index in [1.54, 1.807) is 0 Å². The zero-order valence-corrected chi connectivity index (χ0v) is 8.55. The summed E-state index contributed by atoms with van der Waals surface area (Å²) >= 11 is 0. The van der Waals surface area contributed by atoms with Crippen molar-refractivity contribution in [3.63, 3.8) is 0 Å². The third-order valence-electron chi connectivity index (χ3n) is 2.88. The van der Waals surface area contributed by atoms with Crippen LogP contribution in [0.1, 0.15) is 19.3 Å². The van der Waals surface area contributed by atoms with Gasteiger partial charge in [0.2, 0.25) is 0 Å². The van der Waals surface area contributed by atoms with Gasteiger partial charge in [-0.3, -0.25) is 0 Å². The van der Waals surface area contributed by atoms with Crippen LogP contribution in [0.4, 0.5) is 5.69 Å². The highest BCUT2D eigenvalue weighted by Gasteiger charge is 2.11. The lowest BCUT2D eigenvalue weighted by Gasteiger charge is -2.22. The second kappa shape index (κ2) is 5.05. The molecule has 78 valence electrons. The molecule has 1 fully saturated rings. The molecule has 3 N–H and O–H groups in total. The van der Waals surface area contributed by atoms with E-state index in [4.69, 9.17) is 0 Å². The number of nitrogens with one attached hydrogen (secondary N) is 3. The van der Waals surface area contributed by atoms with E-state index in [0.717, 1.165) is 12.5 Å². The molecule has 1 atom stereocenters. The zero-order chi connectivity index (χ0) is 9.64. The van der Waals surface area contributed by atoms with E-state index in [-0.39, 0.29) is 0 Å². The maximum absolute atomic E-state index is 3.44. The Kier molecular flexibility index (Phi) is 3.46. The van der Waals surface area contributed by atoms with Gasteiger partial charge in [0.05, 0.1) is 5.69 Å². The van der Waals surface area contributed by atoms with E-state index in [0.29, 0.717) is 0 Å². The molecule has 1 aliphatic heterocycles. The fraction of sp³-hybridized carbons (Fsp3) is 0.636. The smallest absolute Gasteiger partial charge is 0.0517 e. The molecule has 14 heavy (non-hydrogen) atoms. The van der Waals surface area contributed by atoms with Crippen LogP contribution in [0, 0.1) is 5.92 Å². The van der Waals surface area contributed by atoms with Gasteiger partial charge in [0.25, 0.3) is 0 Å². The van der Waals surface area contributed by atoms with Crippen molar-refractivity contribution >= 4 is 5.69 Å². The monoisotopic (exact) mass is 193 g/mol. The number of rotatable bonds is 4. The number of hydrogen-bond donors (Lipinski definition) is 3. The van der Waals surface area contributed by atoms with Crippen molar-refractivity contribution in [2.24, 2.45) is 5.92 Å². The Morgan fingerprint density at radius 3 is 3.21 bits per heavy atom. The van der Waals surface area contributed by atoms with Gasteiger partial charge in [0, 0.05) is 18.9 Å². The van der Waals surface area contributed by atoms with Gasteiger partial charge >= 0.3 is 0 Å². The van der Waals surface area contributed by atoms with Crippen LogP contribution in [0.5, 0.6) is 0 Å². The molecule has 3 nitrogen and oxygen atoms in total. The van der Waals surface area contributed by atoms with E-state index < -0.39 is 0 Å². The lowest BCUT2D eigenvalue weighted by atomic mass is 9.96. The van der Waals surface area contributed by atoms with Crippen molar-refractivity contribution in [1.82, 2.24) is 10.3 Å². The minimum absolute atomic E-state index is 0.871. The Balaban J connectivity index is 1.62. The van der Waals surface area contributed by atoms with Gasteiger partial charge in [-0.2, -0.15) is 0 Å². The summed E-state index contributed by atoms with van der Waals surface area (Å²) < 4.78 is 0. The lowest BCUT2D eigenvalue weighted by Crippen LogP contribution is -2.30. The number of anilines is 1. The van der Waals surface area contributed by atoms with Crippen molar-refractivity contribution in [1.29, 1.82) is 0 Å². The van der Waals surface area contributed by atoms with Crippen LogP contribution in [0.2, 0.25) is 0 Å². The van der Waals surface area contributed by atoms with Crippen LogP contribution < -0.4 is 10.6 Å². The third kappa shape index (κ3) is 2.77. The first-order valence-corrected chi connectivity index (χ1v) is 5.52. The summed E-state index contributed by atoms with van der Waals surface area (Å²) in [6.07, 6.45) is 7.96. The maximum atomic E-state index is 3.44. The molecule has 2 rings (SSSR count).